The molecule has 26 heavy (non-hydrogen) atoms. The summed E-state index contributed by atoms with van der Waals surface area (Å²) in [5.74, 6) is -1.29. The third-order valence-electron chi connectivity index (χ3n) is 3.70. The Morgan fingerprint density at radius 2 is 1.88 bits per heavy atom. The summed E-state index contributed by atoms with van der Waals surface area (Å²) in [6.07, 6.45) is 3.78. The number of hydrogen-bond donors (Lipinski definition) is 1. The molecule has 0 aliphatic carbocycles. The zero-order valence-corrected chi connectivity index (χ0v) is 15.5. The van der Waals surface area contributed by atoms with Gasteiger partial charge < -0.3 is 5.11 Å². The first-order valence-electron chi connectivity index (χ1n) is 7.80. The molecule has 2 aromatic rings. The van der Waals surface area contributed by atoms with E-state index >= 15 is 0 Å². The fourth-order valence-corrected chi connectivity index (χ4v) is 3.88. The molecule has 1 heterocycles. The molecule has 0 aromatic heterocycles. The Morgan fingerprint density at radius 1 is 1.15 bits per heavy atom. The molecule has 1 amide bonds. The first kappa shape index (κ1) is 18.1. The third kappa shape index (κ3) is 3.92. The number of nitrogens with zero attached hydrogens (tertiary/aromatic N) is 1. The first-order chi connectivity index (χ1) is 12.5. The first-order valence-corrected chi connectivity index (χ1v) is 9.03. The second kappa shape index (κ2) is 7.68. The molecule has 4 nitrogen and oxygen atoms in total. The number of carbonyl (C=O) groups excluding carboxylic acids is 1. The molecule has 1 fully saturated rings. The van der Waals surface area contributed by atoms with Crippen molar-refractivity contribution in [2.75, 3.05) is 4.90 Å². The number of rotatable bonds is 4. The molecule has 1 aliphatic rings. The highest BCUT2D eigenvalue weighted by molar-refractivity contribution is 8.27. The molecule has 6 heteroatoms. The van der Waals surface area contributed by atoms with Crippen LogP contribution in [0.25, 0.3) is 6.08 Å². The quantitative estimate of drug-likeness (QED) is 0.612. The highest BCUT2D eigenvalue weighted by Gasteiger charge is 2.33. The second-order valence-corrected chi connectivity index (χ2v) is 7.35. The van der Waals surface area contributed by atoms with Gasteiger partial charge in [0.1, 0.15) is 0 Å². The topological polar surface area (TPSA) is 57.6 Å². The molecular formula is C20H15NO3S2. The number of aromatic carboxylic acids is 1. The van der Waals surface area contributed by atoms with Crippen LogP contribution in [-0.2, 0) is 4.79 Å². The number of thiocarbonyl (C=S) groups is 1. The molecule has 0 saturated carbocycles. The maximum absolute atomic E-state index is 12.8. The Bertz CT molecular complexity index is 949. The highest BCUT2D eigenvalue weighted by Crippen LogP contribution is 2.35. The second-order valence-electron chi connectivity index (χ2n) is 5.67. The number of thioether (sulfide) groups is 1. The summed E-state index contributed by atoms with van der Waals surface area (Å²) in [6.45, 7) is 1.92. The van der Waals surface area contributed by atoms with Gasteiger partial charge in [0.25, 0.3) is 5.91 Å². The molecule has 1 N–H and O–H groups in total. The third-order valence-corrected chi connectivity index (χ3v) is 5.00. The molecule has 0 bridgehead atoms. The van der Waals surface area contributed by atoms with Gasteiger partial charge in [-0.3, -0.25) is 9.69 Å². The van der Waals surface area contributed by atoms with Gasteiger partial charge in [-0.25, -0.2) is 4.79 Å². The highest BCUT2D eigenvalue weighted by atomic mass is 32.2. The van der Waals surface area contributed by atoms with Crippen LogP contribution in [0.5, 0.6) is 0 Å². The van der Waals surface area contributed by atoms with E-state index in [1.807, 2.05) is 43.3 Å². The zero-order valence-electron chi connectivity index (χ0n) is 13.9. The summed E-state index contributed by atoms with van der Waals surface area (Å²) in [5.41, 5.74) is 2.54. The Hall–Kier alpha value is -2.70. The molecule has 3 rings (SSSR count). The summed E-state index contributed by atoms with van der Waals surface area (Å²) in [5, 5.41) is 9.13. The Kier molecular flexibility index (Phi) is 5.35. The van der Waals surface area contributed by atoms with Crippen molar-refractivity contribution in [1.82, 2.24) is 0 Å². The van der Waals surface area contributed by atoms with Gasteiger partial charge in [0, 0.05) is 0 Å². The number of allylic oxidation sites excluding steroid dienone is 2. The normalized spacial score (nSPS) is 16.4. The van der Waals surface area contributed by atoms with Crippen molar-refractivity contribution in [3.05, 3.63) is 82.3 Å². The number of carboxylic acids is 1. The van der Waals surface area contributed by atoms with Gasteiger partial charge in [-0.2, -0.15) is 0 Å². The maximum Gasteiger partial charge on any atom is 0.335 e. The van der Waals surface area contributed by atoms with E-state index in [1.54, 1.807) is 18.2 Å². The van der Waals surface area contributed by atoms with Crippen LogP contribution < -0.4 is 4.90 Å². The molecule has 1 aliphatic heterocycles. The standard InChI is InChI=1S/C20H15NO3S2/c1-13(10-14-6-3-2-4-7-14)11-17-18(22)21(20(25)26-17)16-9-5-8-15(12-16)19(23)24/h2-12H,1H3,(H,23,24)/b13-10+,17-11+. The van der Waals surface area contributed by atoms with E-state index in [0.717, 1.165) is 11.1 Å². The minimum absolute atomic E-state index is 0.112. The van der Waals surface area contributed by atoms with Crippen LogP contribution in [0.15, 0.2) is 71.2 Å². The Balaban J connectivity index is 1.88. The molecule has 130 valence electrons. The molecule has 0 atom stereocenters. The summed E-state index contributed by atoms with van der Waals surface area (Å²) < 4.78 is 0.385. The number of amides is 1. The van der Waals surface area contributed by atoms with E-state index in [9.17, 15) is 9.59 Å². The average molecular weight is 381 g/mol. The molecule has 0 spiro atoms. The molecule has 1 saturated heterocycles. The molecule has 0 unspecified atom stereocenters. The van der Waals surface area contributed by atoms with Crippen molar-refractivity contribution >= 4 is 51.9 Å². The average Bonchev–Trinajstić information content (AvgIpc) is 2.89. The minimum atomic E-state index is -1.05. The zero-order chi connectivity index (χ0) is 18.7. The van der Waals surface area contributed by atoms with Gasteiger partial charge in [-0.1, -0.05) is 66.5 Å². The van der Waals surface area contributed by atoms with Gasteiger partial charge in [0.05, 0.1) is 16.2 Å². The molecular weight excluding hydrogens is 366 g/mol. The van der Waals surface area contributed by atoms with E-state index < -0.39 is 5.97 Å². The smallest absolute Gasteiger partial charge is 0.335 e. The van der Waals surface area contributed by atoms with Crippen molar-refractivity contribution < 1.29 is 14.7 Å². The van der Waals surface area contributed by atoms with Gasteiger partial charge in [0.2, 0.25) is 0 Å². The number of carboxylic acid groups (broad SMARTS) is 1. The van der Waals surface area contributed by atoms with E-state index in [2.05, 4.69) is 0 Å². The lowest BCUT2D eigenvalue weighted by atomic mass is 10.1. The van der Waals surface area contributed by atoms with E-state index in [4.69, 9.17) is 17.3 Å². The van der Waals surface area contributed by atoms with E-state index in [0.29, 0.717) is 14.9 Å². The Labute approximate surface area is 160 Å². The van der Waals surface area contributed by atoms with Crippen LogP contribution in [0.3, 0.4) is 0 Å². The van der Waals surface area contributed by atoms with Gasteiger partial charge in [-0.15, -0.1) is 0 Å². The van der Waals surface area contributed by atoms with Crippen molar-refractivity contribution in [2.24, 2.45) is 0 Å². The number of hydrogen-bond acceptors (Lipinski definition) is 4. The largest absolute Gasteiger partial charge is 0.478 e. The summed E-state index contributed by atoms with van der Waals surface area (Å²) in [7, 11) is 0. The van der Waals surface area contributed by atoms with Crippen LogP contribution in [0.1, 0.15) is 22.8 Å². The van der Waals surface area contributed by atoms with Gasteiger partial charge in [0.15, 0.2) is 4.32 Å². The lowest BCUT2D eigenvalue weighted by Crippen LogP contribution is -2.27. The lowest BCUT2D eigenvalue weighted by Gasteiger charge is -2.14. The Morgan fingerprint density at radius 3 is 2.58 bits per heavy atom. The molecule has 2 aromatic carbocycles. The number of benzene rings is 2. The van der Waals surface area contributed by atoms with E-state index in [1.165, 1.54) is 28.8 Å². The summed E-state index contributed by atoms with van der Waals surface area (Å²) >= 11 is 6.54. The van der Waals surface area contributed by atoms with Crippen molar-refractivity contribution in [1.29, 1.82) is 0 Å². The molecule has 0 radical (unpaired) electrons. The van der Waals surface area contributed by atoms with Gasteiger partial charge >= 0.3 is 5.97 Å². The van der Waals surface area contributed by atoms with Crippen molar-refractivity contribution in [3.63, 3.8) is 0 Å². The van der Waals surface area contributed by atoms with Crippen LogP contribution in [-0.4, -0.2) is 21.3 Å². The summed E-state index contributed by atoms with van der Waals surface area (Å²) in [6, 6.07) is 16.0. The fourth-order valence-electron chi connectivity index (χ4n) is 2.53. The minimum Gasteiger partial charge on any atom is -0.478 e. The lowest BCUT2D eigenvalue weighted by molar-refractivity contribution is -0.113. The summed E-state index contributed by atoms with van der Waals surface area (Å²) in [4.78, 5) is 25.8. The van der Waals surface area contributed by atoms with Crippen LogP contribution in [0.4, 0.5) is 5.69 Å². The van der Waals surface area contributed by atoms with Crippen LogP contribution in [0, 0.1) is 0 Å². The van der Waals surface area contributed by atoms with Crippen molar-refractivity contribution in [2.45, 2.75) is 6.92 Å². The van der Waals surface area contributed by atoms with Crippen LogP contribution >= 0.6 is 24.0 Å². The number of anilines is 1. The maximum atomic E-state index is 12.8. The SMILES string of the molecule is CC(=C\c1ccccc1)/C=C1/SC(=S)N(c2cccc(C(=O)O)c2)C1=O. The van der Waals surface area contributed by atoms with E-state index in [-0.39, 0.29) is 11.5 Å². The fraction of sp³-hybridized carbons (Fsp3) is 0.0500. The van der Waals surface area contributed by atoms with Gasteiger partial charge in [-0.05, 0) is 42.3 Å². The number of carbonyl (C=O) groups is 2. The monoisotopic (exact) mass is 381 g/mol. The predicted molar refractivity (Wildman–Crippen MR) is 109 cm³/mol. The van der Waals surface area contributed by atoms with Crippen LogP contribution in [0.2, 0.25) is 0 Å². The van der Waals surface area contributed by atoms with Crippen molar-refractivity contribution in [3.8, 4) is 0 Å². The predicted octanol–water partition coefficient (Wildman–Crippen LogP) is 4.74.